The Morgan fingerprint density at radius 2 is 2.08 bits per heavy atom. The van der Waals surface area contributed by atoms with E-state index in [1.165, 1.54) is 0 Å². The van der Waals surface area contributed by atoms with Gasteiger partial charge in [0.15, 0.2) is 5.84 Å². The highest BCUT2D eigenvalue weighted by molar-refractivity contribution is 6.00. The van der Waals surface area contributed by atoms with Crippen LogP contribution in [0.25, 0.3) is 0 Å². The van der Waals surface area contributed by atoms with Crippen molar-refractivity contribution < 1.29 is 15.6 Å². The van der Waals surface area contributed by atoms with Crippen LogP contribution in [0.4, 0.5) is 0 Å². The predicted octanol–water partition coefficient (Wildman–Crippen LogP) is -1.49. The molecule has 0 amide bonds. The zero-order chi connectivity index (χ0) is 9.40. The third-order valence-electron chi connectivity index (χ3n) is 1.08. The van der Waals surface area contributed by atoms with E-state index in [4.69, 9.17) is 15.6 Å². The Labute approximate surface area is 80.5 Å². The van der Waals surface area contributed by atoms with Crippen molar-refractivity contribution in [3.05, 3.63) is 0 Å². The lowest BCUT2D eigenvalue weighted by Crippen LogP contribution is -2.40. The van der Waals surface area contributed by atoms with Gasteiger partial charge in [0.05, 0.1) is 13.1 Å². The SMILES string of the molecule is Cl.NO.ON=C1CNCC(NO)=N1. The summed E-state index contributed by atoms with van der Waals surface area (Å²) in [5.41, 5.74) is 1.86. The molecule has 0 spiro atoms. The predicted molar refractivity (Wildman–Crippen MR) is 47.7 cm³/mol. The molecule has 0 bridgehead atoms. The van der Waals surface area contributed by atoms with Crippen molar-refractivity contribution in [3.8, 4) is 0 Å². The molecule has 1 heterocycles. The van der Waals surface area contributed by atoms with Crippen molar-refractivity contribution in [2.24, 2.45) is 16.0 Å². The summed E-state index contributed by atoms with van der Waals surface area (Å²) in [5.74, 6) is 4.10. The molecular weight excluding hydrogens is 202 g/mol. The second kappa shape index (κ2) is 9.16. The Morgan fingerprint density at radius 3 is 2.54 bits per heavy atom. The summed E-state index contributed by atoms with van der Waals surface area (Å²) in [5, 5.41) is 28.8. The molecule has 0 radical (unpaired) electrons. The second-order valence-corrected chi connectivity index (χ2v) is 1.79. The number of hydrogen-bond donors (Lipinski definition) is 6. The van der Waals surface area contributed by atoms with Crippen LogP contribution in [0.1, 0.15) is 0 Å². The van der Waals surface area contributed by atoms with Gasteiger partial charge in [0.1, 0.15) is 5.84 Å². The minimum atomic E-state index is 0. The van der Waals surface area contributed by atoms with Crippen molar-refractivity contribution >= 4 is 24.1 Å². The van der Waals surface area contributed by atoms with Gasteiger partial charge in [-0.2, -0.15) is 0 Å². The van der Waals surface area contributed by atoms with E-state index in [9.17, 15) is 0 Å². The van der Waals surface area contributed by atoms with Crippen LogP contribution >= 0.6 is 12.4 Å². The molecule has 0 atom stereocenters. The van der Waals surface area contributed by atoms with Crippen LogP contribution in [0.2, 0.25) is 0 Å². The first-order valence-corrected chi connectivity index (χ1v) is 3.02. The zero-order valence-corrected chi connectivity index (χ0v) is 7.45. The third kappa shape index (κ3) is 5.33. The summed E-state index contributed by atoms with van der Waals surface area (Å²) in [6.07, 6.45) is 0. The molecule has 1 rings (SSSR count). The fraction of sp³-hybridized carbons (Fsp3) is 0.500. The largest absolute Gasteiger partial charge is 0.409 e. The first-order chi connectivity index (χ1) is 5.86. The van der Waals surface area contributed by atoms with E-state index >= 15 is 0 Å². The highest BCUT2D eigenvalue weighted by atomic mass is 35.5. The van der Waals surface area contributed by atoms with Gasteiger partial charge in [0.2, 0.25) is 0 Å². The topological polar surface area (TPSA) is 135 Å². The Kier molecular flexibility index (Phi) is 10.3. The summed E-state index contributed by atoms with van der Waals surface area (Å²) < 4.78 is 0. The Morgan fingerprint density at radius 1 is 1.46 bits per heavy atom. The summed E-state index contributed by atoms with van der Waals surface area (Å²) in [7, 11) is 0. The molecular formula is C4H12ClN5O3. The van der Waals surface area contributed by atoms with Crippen molar-refractivity contribution in [2.75, 3.05) is 13.1 Å². The van der Waals surface area contributed by atoms with Gasteiger partial charge in [-0.15, -0.1) is 12.4 Å². The second-order valence-electron chi connectivity index (χ2n) is 1.79. The maximum Gasteiger partial charge on any atom is 0.183 e. The number of nitrogens with zero attached hydrogens (tertiary/aromatic N) is 2. The van der Waals surface area contributed by atoms with Gasteiger partial charge in [-0.1, -0.05) is 5.16 Å². The molecule has 0 saturated carbocycles. The molecule has 8 nitrogen and oxygen atoms in total. The van der Waals surface area contributed by atoms with Crippen LogP contribution in [0.3, 0.4) is 0 Å². The number of amidine groups is 2. The van der Waals surface area contributed by atoms with Crippen LogP contribution in [0.5, 0.6) is 0 Å². The van der Waals surface area contributed by atoms with Gasteiger partial charge in [0.25, 0.3) is 0 Å². The first-order valence-electron chi connectivity index (χ1n) is 3.02. The lowest BCUT2D eigenvalue weighted by molar-refractivity contribution is 0.232. The number of rotatable bonds is 0. The van der Waals surface area contributed by atoms with Crippen LogP contribution in [-0.2, 0) is 0 Å². The number of aliphatic imine (C=N–C) groups is 1. The number of halogens is 1. The fourth-order valence-corrected chi connectivity index (χ4v) is 0.650. The first kappa shape index (κ1) is 14.6. The molecule has 0 fully saturated rings. The van der Waals surface area contributed by atoms with Gasteiger partial charge in [0, 0.05) is 0 Å². The summed E-state index contributed by atoms with van der Waals surface area (Å²) in [6, 6.07) is 0. The summed E-state index contributed by atoms with van der Waals surface area (Å²) >= 11 is 0. The quantitative estimate of drug-likeness (QED) is 0.214. The molecule has 1 aliphatic rings. The maximum atomic E-state index is 8.35. The molecule has 0 aromatic rings. The van der Waals surface area contributed by atoms with Gasteiger partial charge in [-0.3, -0.25) is 10.7 Å². The van der Waals surface area contributed by atoms with Crippen molar-refractivity contribution in [2.45, 2.75) is 0 Å². The van der Waals surface area contributed by atoms with Crippen LogP contribution < -0.4 is 16.7 Å². The van der Waals surface area contributed by atoms with Crippen molar-refractivity contribution in [1.29, 1.82) is 0 Å². The number of hydrogen-bond acceptors (Lipinski definition) is 7. The van der Waals surface area contributed by atoms with Gasteiger partial charge >= 0.3 is 0 Å². The number of hydroxylamine groups is 1. The van der Waals surface area contributed by atoms with Gasteiger partial charge in [-0.25, -0.2) is 10.9 Å². The Hall–Kier alpha value is -0.930. The van der Waals surface area contributed by atoms with E-state index in [-0.39, 0.29) is 18.2 Å². The molecule has 1 aliphatic heterocycles. The Balaban J connectivity index is 0. The lowest BCUT2D eigenvalue weighted by atomic mass is 10.4. The lowest BCUT2D eigenvalue weighted by Gasteiger charge is -2.11. The monoisotopic (exact) mass is 213 g/mol. The van der Waals surface area contributed by atoms with Crippen LogP contribution in [0, 0.1) is 0 Å². The van der Waals surface area contributed by atoms with Gasteiger partial charge < -0.3 is 15.7 Å². The molecule has 0 saturated heterocycles. The minimum Gasteiger partial charge on any atom is -0.409 e. The molecule has 0 aromatic heterocycles. The number of oxime groups is 1. The smallest absolute Gasteiger partial charge is 0.183 e. The molecule has 0 unspecified atom stereocenters. The highest BCUT2D eigenvalue weighted by Gasteiger charge is 2.07. The summed E-state index contributed by atoms with van der Waals surface area (Å²) in [4.78, 5) is 3.71. The van der Waals surface area contributed by atoms with Crippen LogP contribution in [0.15, 0.2) is 10.1 Å². The van der Waals surface area contributed by atoms with Crippen molar-refractivity contribution in [3.63, 3.8) is 0 Å². The molecule has 7 N–H and O–H groups in total. The maximum absolute atomic E-state index is 8.35. The number of nitrogens with two attached hydrogens (primary N) is 1. The molecule has 0 aliphatic carbocycles. The van der Waals surface area contributed by atoms with E-state index in [1.807, 2.05) is 5.48 Å². The molecule has 0 aromatic carbocycles. The molecule has 13 heavy (non-hydrogen) atoms. The molecule has 9 heteroatoms. The highest BCUT2D eigenvalue weighted by Crippen LogP contribution is 1.85. The summed E-state index contributed by atoms with van der Waals surface area (Å²) in [6.45, 7) is 0.872. The average Bonchev–Trinajstić information content (AvgIpc) is 2.21. The van der Waals surface area contributed by atoms with E-state index in [1.54, 1.807) is 0 Å². The van der Waals surface area contributed by atoms with E-state index in [0.717, 1.165) is 0 Å². The third-order valence-corrected chi connectivity index (χ3v) is 1.08. The van der Waals surface area contributed by atoms with E-state index < -0.39 is 0 Å². The standard InChI is InChI=1S/C4H8N4O2.ClH.H3NO/c9-7-3-1-5-2-4(6-3)8-10;;1-2/h5,9-10H,1-2H2,(H,6,7,8);1H;2H,1H2. The van der Waals surface area contributed by atoms with Crippen molar-refractivity contribution in [1.82, 2.24) is 10.8 Å². The normalized spacial score (nSPS) is 17.8. The molecule has 78 valence electrons. The number of nitrogens with one attached hydrogen (secondary N) is 2. The van der Waals surface area contributed by atoms with Gasteiger partial charge in [-0.05, 0) is 0 Å². The van der Waals surface area contributed by atoms with E-state index in [0.29, 0.717) is 18.9 Å². The minimum absolute atomic E-state index is 0. The van der Waals surface area contributed by atoms with Crippen LogP contribution in [-0.4, -0.2) is 40.4 Å². The van der Waals surface area contributed by atoms with E-state index in [2.05, 4.69) is 21.4 Å². The zero-order valence-electron chi connectivity index (χ0n) is 6.64. The Bertz CT molecular complexity index is 185. The fourth-order valence-electron chi connectivity index (χ4n) is 0.650. The average molecular weight is 214 g/mol.